The molecule has 0 aliphatic rings. The van der Waals surface area contributed by atoms with E-state index in [9.17, 15) is 20.0 Å². The number of carbonyl (C=O) groups excluding carboxylic acids is 1. The maximum atomic E-state index is 12.8. The Balaban J connectivity index is 1.86. The third-order valence-electron chi connectivity index (χ3n) is 4.39. The highest BCUT2D eigenvalue weighted by Crippen LogP contribution is 2.26. The van der Waals surface area contributed by atoms with E-state index in [1.54, 1.807) is 51.1 Å². The second-order valence-electron chi connectivity index (χ2n) is 8.12. The average molecular weight is 447 g/mol. The SMILES string of the molecule is CC(C)(C)OC(=O)N(Cc1cc2cc([N+](=O)[O-])ccc2o1)C[C@H](O)c1cccc(Cl)c1. The van der Waals surface area contributed by atoms with E-state index < -0.39 is 22.7 Å². The first-order chi connectivity index (χ1) is 14.5. The lowest BCUT2D eigenvalue weighted by molar-refractivity contribution is -0.384. The number of carbonyl (C=O) groups is 1. The van der Waals surface area contributed by atoms with Crippen LogP contribution in [0.25, 0.3) is 11.0 Å². The van der Waals surface area contributed by atoms with Gasteiger partial charge in [-0.15, -0.1) is 0 Å². The lowest BCUT2D eigenvalue weighted by atomic mass is 10.1. The van der Waals surface area contributed by atoms with Gasteiger partial charge < -0.3 is 14.3 Å². The normalized spacial score (nSPS) is 12.5. The van der Waals surface area contributed by atoms with Crippen LogP contribution in [0.3, 0.4) is 0 Å². The van der Waals surface area contributed by atoms with E-state index in [2.05, 4.69) is 0 Å². The van der Waals surface area contributed by atoms with Crippen LogP contribution in [0, 0.1) is 10.1 Å². The van der Waals surface area contributed by atoms with Crippen molar-refractivity contribution in [1.29, 1.82) is 0 Å². The minimum atomic E-state index is -1.00. The fourth-order valence-corrected chi connectivity index (χ4v) is 3.22. The molecule has 0 aliphatic carbocycles. The lowest BCUT2D eigenvalue weighted by Crippen LogP contribution is -2.38. The molecule has 1 aromatic heterocycles. The van der Waals surface area contributed by atoms with Gasteiger partial charge in [-0.2, -0.15) is 0 Å². The van der Waals surface area contributed by atoms with E-state index in [4.69, 9.17) is 20.8 Å². The maximum Gasteiger partial charge on any atom is 0.410 e. The van der Waals surface area contributed by atoms with Crippen LogP contribution in [0.15, 0.2) is 52.9 Å². The molecule has 0 saturated carbocycles. The number of aliphatic hydroxyl groups is 1. The second kappa shape index (κ2) is 8.95. The highest BCUT2D eigenvalue weighted by Gasteiger charge is 2.26. The topological polar surface area (TPSA) is 106 Å². The zero-order valence-electron chi connectivity index (χ0n) is 17.4. The summed E-state index contributed by atoms with van der Waals surface area (Å²) in [5.41, 5.74) is 0.229. The Bertz CT molecular complexity index is 1100. The Morgan fingerprint density at radius 1 is 1.26 bits per heavy atom. The fourth-order valence-electron chi connectivity index (χ4n) is 3.02. The third kappa shape index (κ3) is 5.96. The van der Waals surface area contributed by atoms with Crippen molar-refractivity contribution < 1.29 is 24.0 Å². The fraction of sp³-hybridized carbons (Fsp3) is 0.318. The Kier molecular flexibility index (Phi) is 6.52. The third-order valence-corrected chi connectivity index (χ3v) is 4.62. The molecule has 1 N–H and O–H groups in total. The van der Waals surface area contributed by atoms with Gasteiger partial charge >= 0.3 is 6.09 Å². The van der Waals surface area contributed by atoms with Crippen molar-refractivity contribution in [2.24, 2.45) is 0 Å². The highest BCUT2D eigenvalue weighted by molar-refractivity contribution is 6.30. The number of nitro groups is 1. The van der Waals surface area contributed by atoms with E-state index in [0.717, 1.165) is 0 Å². The zero-order chi connectivity index (χ0) is 22.8. The second-order valence-corrected chi connectivity index (χ2v) is 8.56. The molecule has 3 aromatic rings. The molecule has 0 radical (unpaired) electrons. The number of rotatable bonds is 6. The van der Waals surface area contributed by atoms with Crippen LogP contribution in [-0.2, 0) is 11.3 Å². The molecule has 0 saturated heterocycles. The number of halogens is 1. The first-order valence-corrected chi connectivity index (χ1v) is 9.98. The summed E-state index contributed by atoms with van der Waals surface area (Å²) in [5.74, 6) is 0.402. The summed E-state index contributed by atoms with van der Waals surface area (Å²) in [7, 11) is 0. The number of hydrogen-bond acceptors (Lipinski definition) is 6. The molecule has 0 bridgehead atoms. The van der Waals surface area contributed by atoms with Crippen LogP contribution in [-0.4, -0.2) is 33.2 Å². The number of nitrogens with zero attached hydrogens (tertiary/aromatic N) is 2. The number of fused-ring (bicyclic) bond motifs is 1. The van der Waals surface area contributed by atoms with Crippen LogP contribution >= 0.6 is 11.6 Å². The molecule has 9 heteroatoms. The molecule has 0 unspecified atom stereocenters. The first kappa shape index (κ1) is 22.6. The first-order valence-electron chi connectivity index (χ1n) is 9.60. The molecule has 0 aliphatic heterocycles. The summed E-state index contributed by atoms with van der Waals surface area (Å²) in [5, 5.41) is 22.7. The van der Waals surface area contributed by atoms with Gasteiger partial charge in [0.25, 0.3) is 5.69 Å². The molecule has 31 heavy (non-hydrogen) atoms. The van der Waals surface area contributed by atoms with Gasteiger partial charge in [0, 0.05) is 22.5 Å². The minimum Gasteiger partial charge on any atom is -0.459 e. The number of furan rings is 1. The lowest BCUT2D eigenvalue weighted by Gasteiger charge is -2.28. The molecule has 2 aromatic carbocycles. The number of non-ortho nitro benzene ring substituents is 1. The van der Waals surface area contributed by atoms with Gasteiger partial charge in [0.15, 0.2) is 0 Å². The Morgan fingerprint density at radius 2 is 2.00 bits per heavy atom. The predicted octanol–water partition coefficient (Wildman–Crippen LogP) is 5.47. The van der Waals surface area contributed by atoms with Crippen molar-refractivity contribution >= 4 is 34.4 Å². The van der Waals surface area contributed by atoms with Gasteiger partial charge in [0.1, 0.15) is 16.9 Å². The van der Waals surface area contributed by atoms with Crippen LogP contribution in [0.5, 0.6) is 0 Å². The van der Waals surface area contributed by atoms with Crippen molar-refractivity contribution in [1.82, 2.24) is 4.90 Å². The van der Waals surface area contributed by atoms with Gasteiger partial charge in [-0.05, 0) is 50.6 Å². The molecule has 1 heterocycles. The van der Waals surface area contributed by atoms with E-state index in [1.165, 1.54) is 23.1 Å². The van der Waals surface area contributed by atoms with Gasteiger partial charge in [-0.1, -0.05) is 23.7 Å². The quantitative estimate of drug-likeness (QED) is 0.397. The van der Waals surface area contributed by atoms with E-state index in [-0.39, 0.29) is 18.8 Å². The van der Waals surface area contributed by atoms with Crippen molar-refractivity contribution in [3.05, 3.63) is 75.0 Å². The van der Waals surface area contributed by atoms with Gasteiger partial charge in [0.05, 0.1) is 24.1 Å². The average Bonchev–Trinajstić information content (AvgIpc) is 3.07. The standard InChI is InChI=1S/C22H23ClN2O6/c1-22(2,3)31-21(27)24(13-19(26)14-5-4-6-16(23)9-14)12-18-11-15-10-17(25(28)29)7-8-20(15)30-18/h4-11,19,26H,12-13H2,1-3H3/t19-/m0/s1. The number of ether oxygens (including phenoxy) is 1. The zero-order valence-corrected chi connectivity index (χ0v) is 18.1. The molecule has 8 nitrogen and oxygen atoms in total. The molecule has 3 rings (SSSR count). The summed E-state index contributed by atoms with van der Waals surface area (Å²) in [6.45, 7) is 5.19. The Morgan fingerprint density at radius 3 is 2.65 bits per heavy atom. The predicted molar refractivity (Wildman–Crippen MR) is 116 cm³/mol. The van der Waals surface area contributed by atoms with Crippen molar-refractivity contribution in [3.63, 3.8) is 0 Å². The maximum absolute atomic E-state index is 12.8. The molecule has 1 amide bonds. The summed E-state index contributed by atoms with van der Waals surface area (Å²) >= 11 is 6.01. The van der Waals surface area contributed by atoms with Crippen molar-refractivity contribution in [3.8, 4) is 0 Å². The smallest absolute Gasteiger partial charge is 0.410 e. The molecular formula is C22H23ClN2O6. The summed E-state index contributed by atoms with van der Waals surface area (Å²) in [4.78, 5) is 24.6. The molecule has 1 atom stereocenters. The highest BCUT2D eigenvalue weighted by atomic mass is 35.5. The summed E-state index contributed by atoms with van der Waals surface area (Å²) in [6, 6.07) is 12.6. The number of nitro benzene ring substituents is 1. The van der Waals surface area contributed by atoms with Crippen molar-refractivity contribution in [2.75, 3.05) is 6.54 Å². The minimum absolute atomic E-state index is 0.00895. The van der Waals surface area contributed by atoms with E-state index >= 15 is 0 Å². The summed E-state index contributed by atoms with van der Waals surface area (Å²) < 4.78 is 11.2. The van der Waals surface area contributed by atoms with Gasteiger partial charge in [-0.25, -0.2) is 4.79 Å². The molecular weight excluding hydrogens is 424 g/mol. The number of aliphatic hydroxyl groups excluding tert-OH is 1. The van der Waals surface area contributed by atoms with Crippen LogP contribution in [0.4, 0.5) is 10.5 Å². The number of hydrogen-bond donors (Lipinski definition) is 1. The van der Waals surface area contributed by atoms with Crippen LogP contribution in [0.2, 0.25) is 5.02 Å². The Labute approximate surface area is 184 Å². The van der Waals surface area contributed by atoms with E-state index in [1.807, 2.05) is 0 Å². The van der Waals surface area contributed by atoms with E-state index in [0.29, 0.717) is 27.3 Å². The van der Waals surface area contributed by atoms with Gasteiger partial charge in [0.2, 0.25) is 0 Å². The van der Waals surface area contributed by atoms with Gasteiger partial charge in [-0.3, -0.25) is 15.0 Å². The molecule has 0 spiro atoms. The Hall–Kier alpha value is -3.10. The number of amides is 1. The summed E-state index contributed by atoms with van der Waals surface area (Å²) in [6.07, 6.45) is -1.63. The largest absolute Gasteiger partial charge is 0.459 e. The monoisotopic (exact) mass is 446 g/mol. The van der Waals surface area contributed by atoms with Crippen molar-refractivity contribution in [2.45, 2.75) is 39.0 Å². The van der Waals surface area contributed by atoms with Crippen LogP contribution in [0.1, 0.15) is 38.2 Å². The number of benzene rings is 2. The molecule has 0 fully saturated rings. The van der Waals surface area contributed by atoms with Crippen LogP contribution < -0.4 is 0 Å². The molecule has 164 valence electrons.